The van der Waals surface area contributed by atoms with Crippen molar-refractivity contribution in [3.8, 4) is 11.8 Å². The van der Waals surface area contributed by atoms with Crippen LogP contribution in [-0.2, 0) is 4.74 Å². The highest BCUT2D eigenvalue weighted by molar-refractivity contribution is 5.89. The van der Waals surface area contributed by atoms with Gasteiger partial charge in [-0.3, -0.25) is 0 Å². The molecule has 0 unspecified atom stereocenters. The van der Waals surface area contributed by atoms with Crippen LogP contribution in [-0.4, -0.2) is 13.1 Å². The lowest BCUT2D eigenvalue weighted by molar-refractivity contribution is 0.0600. The molecule has 0 saturated heterocycles. The fourth-order valence-electron chi connectivity index (χ4n) is 1.49. The summed E-state index contributed by atoms with van der Waals surface area (Å²) in [4.78, 5) is 11.2. The summed E-state index contributed by atoms with van der Waals surface area (Å²) in [5, 5.41) is 0. The molecule has 2 rings (SSSR count). The van der Waals surface area contributed by atoms with E-state index in [1.165, 1.54) is 19.2 Å². The van der Waals surface area contributed by atoms with Gasteiger partial charge >= 0.3 is 5.97 Å². The van der Waals surface area contributed by atoms with Crippen LogP contribution in [0.5, 0.6) is 0 Å². The van der Waals surface area contributed by atoms with Gasteiger partial charge in [0.15, 0.2) is 0 Å². The van der Waals surface area contributed by atoms with E-state index in [4.69, 9.17) is 0 Å². The van der Waals surface area contributed by atoms with Crippen molar-refractivity contribution in [3.05, 3.63) is 71.0 Å². The monoisotopic (exact) mass is 254 g/mol. The van der Waals surface area contributed by atoms with Crippen LogP contribution in [0.4, 0.5) is 4.39 Å². The fraction of sp³-hybridized carbons (Fsp3) is 0.0625. The van der Waals surface area contributed by atoms with E-state index in [0.717, 1.165) is 11.1 Å². The van der Waals surface area contributed by atoms with Gasteiger partial charge in [0.05, 0.1) is 12.7 Å². The second-order valence-corrected chi connectivity index (χ2v) is 3.83. The van der Waals surface area contributed by atoms with E-state index in [1.54, 1.807) is 36.4 Å². The molecule has 0 aliphatic heterocycles. The lowest BCUT2D eigenvalue weighted by atomic mass is 10.1. The molecule has 94 valence electrons. The Morgan fingerprint density at radius 2 is 1.42 bits per heavy atom. The number of esters is 1. The quantitative estimate of drug-likeness (QED) is 0.577. The first kappa shape index (κ1) is 12.8. The van der Waals surface area contributed by atoms with Crippen molar-refractivity contribution in [1.29, 1.82) is 0 Å². The lowest BCUT2D eigenvalue weighted by Gasteiger charge is -1.98. The molecule has 19 heavy (non-hydrogen) atoms. The Bertz CT molecular complexity index is 631. The minimum atomic E-state index is -0.377. The number of hydrogen-bond acceptors (Lipinski definition) is 2. The minimum Gasteiger partial charge on any atom is -0.465 e. The van der Waals surface area contributed by atoms with E-state index < -0.39 is 0 Å². The number of methoxy groups -OCH3 is 1. The Morgan fingerprint density at radius 3 is 1.89 bits per heavy atom. The summed E-state index contributed by atoms with van der Waals surface area (Å²) in [6.45, 7) is 0. The van der Waals surface area contributed by atoms with Crippen molar-refractivity contribution in [2.45, 2.75) is 0 Å². The van der Waals surface area contributed by atoms with Gasteiger partial charge < -0.3 is 4.74 Å². The Labute approximate surface area is 110 Å². The molecule has 0 saturated carbocycles. The Kier molecular flexibility index (Phi) is 3.94. The van der Waals surface area contributed by atoms with Crippen LogP contribution in [0.2, 0.25) is 0 Å². The summed E-state index contributed by atoms with van der Waals surface area (Å²) in [5.41, 5.74) is 1.99. The average molecular weight is 254 g/mol. The van der Waals surface area contributed by atoms with Crippen LogP contribution >= 0.6 is 0 Å². The van der Waals surface area contributed by atoms with Crippen molar-refractivity contribution in [2.24, 2.45) is 0 Å². The molecule has 0 atom stereocenters. The molecule has 0 spiro atoms. The number of carbonyl (C=O) groups is 1. The molecule has 2 aromatic carbocycles. The number of ether oxygens (including phenoxy) is 1. The van der Waals surface area contributed by atoms with Gasteiger partial charge in [-0.15, -0.1) is 0 Å². The van der Waals surface area contributed by atoms with Gasteiger partial charge in [0.2, 0.25) is 0 Å². The average Bonchev–Trinajstić information content (AvgIpc) is 2.46. The summed E-state index contributed by atoms with van der Waals surface area (Å²) in [7, 11) is 1.34. The molecule has 0 N–H and O–H groups in total. The predicted molar refractivity (Wildman–Crippen MR) is 70.2 cm³/mol. The largest absolute Gasteiger partial charge is 0.465 e. The standard InChI is InChI=1S/C16H11FO2/c1-19-16(18)14-8-4-12(5-9-14)2-3-13-6-10-15(17)11-7-13/h4-11H,1H3. The van der Waals surface area contributed by atoms with Crippen LogP contribution in [0.25, 0.3) is 0 Å². The third-order valence-corrected chi connectivity index (χ3v) is 2.50. The van der Waals surface area contributed by atoms with Gasteiger partial charge in [-0.05, 0) is 48.5 Å². The second-order valence-electron chi connectivity index (χ2n) is 3.83. The fourth-order valence-corrected chi connectivity index (χ4v) is 1.49. The van der Waals surface area contributed by atoms with Gasteiger partial charge in [-0.25, -0.2) is 9.18 Å². The van der Waals surface area contributed by atoms with Crippen molar-refractivity contribution >= 4 is 5.97 Å². The molecule has 0 aromatic heterocycles. The molecular weight excluding hydrogens is 243 g/mol. The van der Waals surface area contributed by atoms with Gasteiger partial charge in [-0.1, -0.05) is 11.8 Å². The molecule has 2 nitrogen and oxygen atoms in total. The van der Waals surface area contributed by atoms with Crippen LogP contribution in [0, 0.1) is 17.7 Å². The zero-order valence-corrected chi connectivity index (χ0v) is 10.3. The van der Waals surface area contributed by atoms with E-state index >= 15 is 0 Å². The molecule has 0 radical (unpaired) electrons. The highest BCUT2D eigenvalue weighted by Crippen LogP contribution is 2.05. The predicted octanol–water partition coefficient (Wildman–Crippen LogP) is 3.01. The van der Waals surface area contributed by atoms with E-state index in [0.29, 0.717) is 5.56 Å². The third-order valence-electron chi connectivity index (χ3n) is 2.50. The third kappa shape index (κ3) is 3.43. The topological polar surface area (TPSA) is 26.3 Å². The number of rotatable bonds is 1. The molecular formula is C16H11FO2. The van der Waals surface area contributed by atoms with Crippen molar-refractivity contribution < 1.29 is 13.9 Å². The Hall–Kier alpha value is -2.60. The summed E-state index contributed by atoms with van der Waals surface area (Å²) < 4.78 is 17.3. The maximum atomic E-state index is 12.7. The lowest BCUT2D eigenvalue weighted by Crippen LogP contribution is -2.00. The first-order chi connectivity index (χ1) is 9.19. The molecule has 0 bridgehead atoms. The van der Waals surface area contributed by atoms with E-state index in [-0.39, 0.29) is 11.8 Å². The van der Waals surface area contributed by atoms with Gasteiger partial charge in [-0.2, -0.15) is 0 Å². The van der Waals surface area contributed by atoms with Crippen LogP contribution in [0.15, 0.2) is 48.5 Å². The zero-order valence-electron chi connectivity index (χ0n) is 10.3. The van der Waals surface area contributed by atoms with E-state index in [9.17, 15) is 9.18 Å². The maximum absolute atomic E-state index is 12.7. The summed E-state index contributed by atoms with van der Waals surface area (Å²) >= 11 is 0. The highest BCUT2D eigenvalue weighted by atomic mass is 19.1. The molecule has 0 fully saturated rings. The van der Waals surface area contributed by atoms with Crippen molar-refractivity contribution in [2.75, 3.05) is 7.11 Å². The van der Waals surface area contributed by atoms with Crippen LogP contribution in [0.1, 0.15) is 21.5 Å². The molecule has 0 aliphatic rings. The first-order valence-electron chi connectivity index (χ1n) is 5.65. The molecule has 0 amide bonds. The molecule has 3 heteroatoms. The van der Waals surface area contributed by atoms with Crippen molar-refractivity contribution in [3.63, 3.8) is 0 Å². The summed E-state index contributed by atoms with van der Waals surface area (Å²) in [5.74, 6) is 5.20. The number of hydrogen-bond donors (Lipinski definition) is 0. The molecule has 2 aromatic rings. The summed E-state index contributed by atoms with van der Waals surface area (Å²) in [6, 6.07) is 12.7. The SMILES string of the molecule is COC(=O)c1ccc(C#Cc2ccc(F)cc2)cc1. The zero-order chi connectivity index (χ0) is 13.7. The van der Waals surface area contributed by atoms with Gasteiger partial charge in [0.25, 0.3) is 0 Å². The normalized spacial score (nSPS) is 9.37. The maximum Gasteiger partial charge on any atom is 0.337 e. The highest BCUT2D eigenvalue weighted by Gasteiger charge is 2.02. The van der Waals surface area contributed by atoms with Gasteiger partial charge in [0, 0.05) is 11.1 Å². The van der Waals surface area contributed by atoms with Crippen LogP contribution in [0.3, 0.4) is 0 Å². The number of carbonyl (C=O) groups excluding carboxylic acids is 1. The minimum absolute atomic E-state index is 0.284. The molecule has 0 aliphatic carbocycles. The summed E-state index contributed by atoms with van der Waals surface area (Å²) in [6.07, 6.45) is 0. The molecule has 0 heterocycles. The van der Waals surface area contributed by atoms with Crippen LogP contribution < -0.4 is 0 Å². The Morgan fingerprint density at radius 1 is 0.947 bits per heavy atom. The first-order valence-corrected chi connectivity index (χ1v) is 5.65. The van der Waals surface area contributed by atoms with E-state index in [1.807, 2.05) is 0 Å². The Balaban J connectivity index is 2.16. The van der Waals surface area contributed by atoms with E-state index in [2.05, 4.69) is 16.6 Å². The van der Waals surface area contributed by atoms with Gasteiger partial charge in [0.1, 0.15) is 5.82 Å². The number of halogens is 1. The second kappa shape index (κ2) is 5.83. The number of benzene rings is 2. The smallest absolute Gasteiger partial charge is 0.337 e. The van der Waals surface area contributed by atoms with Crippen molar-refractivity contribution in [1.82, 2.24) is 0 Å².